The van der Waals surface area contributed by atoms with Gasteiger partial charge in [-0.2, -0.15) is 0 Å². The van der Waals surface area contributed by atoms with E-state index in [0.29, 0.717) is 12.5 Å². The number of nitrogens with one attached hydrogen (secondary N) is 1. The maximum Gasteiger partial charge on any atom is 0.225 e. The average Bonchev–Trinajstić information content (AvgIpc) is 2.46. The number of aromatic nitrogens is 2. The number of hydrogen-bond acceptors (Lipinski definition) is 4. The topological polar surface area (TPSA) is 58.1 Å². The van der Waals surface area contributed by atoms with Gasteiger partial charge in [0.15, 0.2) is 0 Å². The van der Waals surface area contributed by atoms with Crippen LogP contribution in [0.1, 0.15) is 12.8 Å². The molecule has 0 bridgehead atoms. The Balaban J connectivity index is 1.97. The average molecular weight is 244 g/mol. The molecule has 0 radical (unpaired) electrons. The molecule has 0 aromatic carbocycles. The van der Waals surface area contributed by atoms with Crippen molar-refractivity contribution in [1.29, 1.82) is 0 Å². The summed E-state index contributed by atoms with van der Waals surface area (Å²) in [6.07, 6.45) is 10.4. The fraction of sp³-hybridized carbons (Fsp3) is 0.462. The quantitative estimate of drug-likeness (QED) is 0.784. The van der Waals surface area contributed by atoms with Gasteiger partial charge in [-0.25, -0.2) is 9.97 Å². The molecule has 1 aromatic rings. The van der Waals surface area contributed by atoms with Gasteiger partial charge < -0.3 is 10.2 Å². The van der Waals surface area contributed by atoms with Crippen LogP contribution in [0.4, 0.5) is 5.95 Å². The first-order valence-electron chi connectivity index (χ1n) is 6.04. The zero-order valence-corrected chi connectivity index (χ0v) is 10.2. The summed E-state index contributed by atoms with van der Waals surface area (Å²) < 4.78 is 0. The van der Waals surface area contributed by atoms with E-state index in [1.165, 1.54) is 0 Å². The molecule has 5 heteroatoms. The lowest BCUT2D eigenvalue weighted by Gasteiger charge is -2.31. The first-order chi connectivity index (χ1) is 8.81. The Morgan fingerprint density at radius 2 is 2.33 bits per heavy atom. The Labute approximate surface area is 107 Å². The molecule has 1 saturated heterocycles. The smallest absolute Gasteiger partial charge is 0.225 e. The van der Waals surface area contributed by atoms with Crippen LogP contribution in [0.5, 0.6) is 0 Å². The molecule has 94 valence electrons. The maximum absolute atomic E-state index is 11.9. The first kappa shape index (κ1) is 12.4. The van der Waals surface area contributed by atoms with Crippen molar-refractivity contribution in [2.75, 3.05) is 24.5 Å². The summed E-state index contributed by atoms with van der Waals surface area (Å²) in [7, 11) is 0. The van der Waals surface area contributed by atoms with Crippen molar-refractivity contribution in [3.63, 3.8) is 0 Å². The van der Waals surface area contributed by atoms with Crippen molar-refractivity contribution >= 4 is 11.9 Å². The maximum atomic E-state index is 11.9. The molecule has 0 aliphatic carbocycles. The van der Waals surface area contributed by atoms with E-state index >= 15 is 0 Å². The summed E-state index contributed by atoms with van der Waals surface area (Å²) in [5.74, 6) is 3.09. The lowest BCUT2D eigenvalue weighted by atomic mass is 9.97. The minimum absolute atomic E-state index is 0.0218. The van der Waals surface area contributed by atoms with Gasteiger partial charge in [0.2, 0.25) is 11.9 Å². The molecule has 0 spiro atoms. The van der Waals surface area contributed by atoms with Gasteiger partial charge in [-0.1, -0.05) is 5.92 Å². The summed E-state index contributed by atoms with van der Waals surface area (Å²) in [6, 6.07) is 1.78. The fourth-order valence-corrected chi connectivity index (χ4v) is 2.11. The van der Waals surface area contributed by atoms with Crippen LogP contribution in [0, 0.1) is 18.3 Å². The van der Waals surface area contributed by atoms with Crippen LogP contribution in [0.2, 0.25) is 0 Å². The van der Waals surface area contributed by atoms with Crippen LogP contribution >= 0.6 is 0 Å². The summed E-state index contributed by atoms with van der Waals surface area (Å²) >= 11 is 0. The van der Waals surface area contributed by atoms with Crippen molar-refractivity contribution < 1.29 is 4.79 Å². The lowest BCUT2D eigenvalue weighted by Crippen LogP contribution is -2.43. The third-order valence-corrected chi connectivity index (χ3v) is 2.99. The largest absolute Gasteiger partial charge is 0.345 e. The second-order valence-electron chi connectivity index (χ2n) is 4.26. The van der Waals surface area contributed by atoms with Gasteiger partial charge in [-0.05, 0) is 18.9 Å². The van der Waals surface area contributed by atoms with E-state index in [0.717, 1.165) is 19.4 Å². The number of carbonyl (C=O) groups excluding carboxylic acids is 1. The highest BCUT2D eigenvalue weighted by Crippen LogP contribution is 2.19. The highest BCUT2D eigenvalue weighted by Gasteiger charge is 2.26. The predicted octanol–water partition coefficient (Wildman–Crippen LogP) is 0.442. The lowest BCUT2D eigenvalue weighted by molar-refractivity contribution is -0.124. The van der Waals surface area contributed by atoms with Crippen molar-refractivity contribution in [1.82, 2.24) is 15.3 Å². The highest BCUT2D eigenvalue weighted by atomic mass is 16.1. The molecular formula is C13H16N4O. The zero-order valence-electron chi connectivity index (χ0n) is 10.2. The third-order valence-electron chi connectivity index (χ3n) is 2.99. The van der Waals surface area contributed by atoms with Gasteiger partial charge in [-0.15, -0.1) is 6.42 Å². The number of hydrogen-bond donors (Lipinski definition) is 1. The van der Waals surface area contributed by atoms with Crippen molar-refractivity contribution in [3.8, 4) is 12.3 Å². The second-order valence-corrected chi connectivity index (χ2v) is 4.26. The number of terminal acetylenes is 1. The Bertz CT molecular complexity index is 440. The molecule has 1 fully saturated rings. The van der Waals surface area contributed by atoms with Crippen LogP contribution in [-0.2, 0) is 4.79 Å². The summed E-state index contributed by atoms with van der Waals surface area (Å²) in [4.78, 5) is 22.3. The number of rotatable bonds is 3. The molecular weight excluding hydrogens is 228 g/mol. The van der Waals surface area contributed by atoms with E-state index < -0.39 is 0 Å². The zero-order chi connectivity index (χ0) is 12.8. The Morgan fingerprint density at radius 1 is 1.56 bits per heavy atom. The fourth-order valence-electron chi connectivity index (χ4n) is 2.11. The van der Waals surface area contributed by atoms with Crippen molar-refractivity contribution in [2.45, 2.75) is 12.8 Å². The van der Waals surface area contributed by atoms with Crippen LogP contribution < -0.4 is 10.2 Å². The van der Waals surface area contributed by atoms with Crippen molar-refractivity contribution in [2.24, 2.45) is 5.92 Å². The van der Waals surface area contributed by atoms with Gasteiger partial charge in [0.05, 0.1) is 12.5 Å². The molecule has 0 unspecified atom stereocenters. The Hall–Kier alpha value is -2.09. The molecule has 2 heterocycles. The highest BCUT2D eigenvalue weighted by molar-refractivity contribution is 5.79. The van der Waals surface area contributed by atoms with E-state index in [2.05, 4.69) is 21.2 Å². The van der Waals surface area contributed by atoms with Crippen LogP contribution in [0.15, 0.2) is 18.5 Å². The van der Waals surface area contributed by atoms with Gasteiger partial charge >= 0.3 is 0 Å². The van der Waals surface area contributed by atoms with E-state index in [9.17, 15) is 4.79 Å². The molecule has 1 amide bonds. The van der Waals surface area contributed by atoms with E-state index in [-0.39, 0.29) is 18.4 Å². The van der Waals surface area contributed by atoms with Crippen LogP contribution in [0.3, 0.4) is 0 Å². The molecule has 1 atom stereocenters. The van der Waals surface area contributed by atoms with Crippen molar-refractivity contribution in [3.05, 3.63) is 18.5 Å². The number of piperidine rings is 1. The predicted molar refractivity (Wildman–Crippen MR) is 68.8 cm³/mol. The molecule has 0 saturated carbocycles. The van der Waals surface area contributed by atoms with E-state index in [1.807, 2.05) is 4.90 Å². The molecule has 1 N–H and O–H groups in total. The number of amides is 1. The summed E-state index contributed by atoms with van der Waals surface area (Å²) in [5, 5.41) is 2.73. The summed E-state index contributed by atoms with van der Waals surface area (Å²) in [5.41, 5.74) is 0. The summed E-state index contributed by atoms with van der Waals surface area (Å²) in [6.45, 7) is 1.83. The van der Waals surface area contributed by atoms with Crippen LogP contribution in [0.25, 0.3) is 0 Å². The molecule has 5 nitrogen and oxygen atoms in total. The minimum Gasteiger partial charge on any atom is -0.345 e. The Morgan fingerprint density at radius 3 is 3.06 bits per heavy atom. The molecule has 2 rings (SSSR count). The first-order valence-corrected chi connectivity index (χ1v) is 6.04. The number of anilines is 1. The second kappa shape index (κ2) is 6.01. The minimum atomic E-state index is -0.0316. The van der Waals surface area contributed by atoms with Gasteiger partial charge in [0, 0.05) is 25.5 Å². The normalized spacial score (nSPS) is 19.1. The van der Waals surface area contributed by atoms with Gasteiger partial charge in [0.1, 0.15) is 0 Å². The third kappa shape index (κ3) is 2.98. The molecule has 18 heavy (non-hydrogen) atoms. The van der Waals surface area contributed by atoms with Crippen LogP contribution in [-0.4, -0.2) is 35.5 Å². The van der Waals surface area contributed by atoms with E-state index in [4.69, 9.17) is 6.42 Å². The standard InChI is InChI=1S/C13H16N4O/c1-2-6-14-12(18)11-5-3-9-17(10-11)13-15-7-4-8-16-13/h1,4,7-8,11H,3,5-6,9-10H2,(H,14,18)/t11-/m0/s1. The molecule has 1 aliphatic heterocycles. The van der Waals surface area contributed by atoms with Gasteiger partial charge in [0.25, 0.3) is 0 Å². The Kier molecular flexibility index (Phi) is 4.13. The molecule has 1 aromatic heterocycles. The molecule has 1 aliphatic rings. The monoisotopic (exact) mass is 244 g/mol. The van der Waals surface area contributed by atoms with E-state index in [1.54, 1.807) is 18.5 Å². The number of nitrogens with zero attached hydrogens (tertiary/aromatic N) is 3. The SMILES string of the molecule is C#CCNC(=O)[C@H]1CCCN(c2ncccn2)C1. The number of carbonyl (C=O) groups is 1. The van der Waals surface area contributed by atoms with Gasteiger partial charge in [-0.3, -0.25) is 4.79 Å².